The fraction of sp³-hybridized carbons (Fsp3) is 0.533. The van der Waals surface area contributed by atoms with Gasteiger partial charge in [-0.05, 0) is 37.6 Å². The highest BCUT2D eigenvalue weighted by molar-refractivity contribution is 5.45. The Hall–Kier alpha value is -1.57. The van der Waals surface area contributed by atoms with Crippen LogP contribution in [0.5, 0.6) is 5.75 Å². The molecule has 0 atom stereocenters. The first-order chi connectivity index (χ1) is 9.24. The number of rotatable bonds is 7. The SMILES string of the molecule is COc1cc(CNCCN(C)C2CC2)ccc1C#N. The summed E-state index contributed by atoms with van der Waals surface area (Å²) in [4.78, 5) is 2.41. The molecule has 19 heavy (non-hydrogen) atoms. The number of nitrogens with zero attached hydrogens (tertiary/aromatic N) is 2. The van der Waals surface area contributed by atoms with E-state index in [9.17, 15) is 0 Å². The van der Waals surface area contributed by atoms with E-state index in [-0.39, 0.29) is 0 Å². The van der Waals surface area contributed by atoms with Gasteiger partial charge >= 0.3 is 0 Å². The molecule has 0 aliphatic heterocycles. The second-order valence-electron chi connectivity index (χ2n) is 5.03. The Morgan fingerprint density at radius 1 is 1.47 bits per heavy atom. The third-order valence-corrected chi connectivity index (χ3v) is 3.53. The van der Waals surface area contributed by atoms with Gasteiger partial charge in [0.2, 0.25) is 0 Å². The molecule has 1 fully saturated rings. The summed E-state index contributed by atoms with van der Waals surface area (Å²) < 4.78 is 5.20. The van der Waals surface area contributed by atoms with Crippen molar-refractivity contribution in [1.82, 2.24) is 10.2 Å². The van der Waals surface area contributed by atoms with E-state index in [4.69, 9.17) is 10.00 Å². The predicted octanol–water partition coefficient (Wildman–Crippen LogP) is 1.75. The number of hydrogen-bond acceptors (Lipinski definition) is 4. The summed E-state index contributed by atoms with van der Waals surface area (Å²) in [5.74, 6) is 0.650. The third kappa shape index (κ3) is 3.95. The quantitative estimate of drug-likeness (QED) is 0.758. The number of nitrogens with one attached hydrogen (secondary N) is 1. The van der Waals surface area contributed by atoms with E-state index in [1.54, 1.807) is 7.11 Å². The molecule has 2 rings (SSSR count). The van der Waals surface area contributed by atoms with Crippen molar-refractivity contribution < 1.29 is 4.74 Å². The lowest BCUT2D eigenvalue weighted by molar-refractivity contribution is 0.321. The zero-order valence-corrected chi connectivity index (χ0v) is 11.6. The highest BCUT2D eigenvalue weighted by atomic mass is 16.5. The van der Waals surface area contributed by atoms with Gasteiger partial charge in [0.25, 0.3) is 0 Å². The number of methoxy groups -OCH3 is 1. The molecule has 102 valence electrons. The maximum Gasteiger partial charge on any atom is 0.136 e. The van der Waals surface area contributed by atoms with Crippen molar-refractivity contribution in [3.8, 4) is 11.8 Å². The zero-order valence-electron chi connectivity index (χ0n) is 11.6. The lowest BCUT2D eigenvalue weighted by Gasteiger charge is -2.15. The van der Waals surface area contributed by atoms with Crippen LogP contribution in [0, 0.1) is 11.3 Å². The first-order valence-corrected chi connectivity index (χ1v) is 6.72. The standard InChI is InChI=1S/C15H21N3O/c1-18(14-5-6-14)8-7-17-11-12-3-4-13(10-16)15(9-12)19-2/h3-4,9,14,17H,5-8,11H2,1-2H3. The van der Waals surface area contributed by atoms with Crippen LogP contribution in [0.4, 0.5) is 0 Å². The van der Waals surface area contributed by atoms with Crippen molar-refractivity contribution in [1.29, 1.82) is 5.26 Å². The zero-order chi connectivity index (χ0) is 13.7. The highest BCUT2D eigenvalue weighted by Gasteiger charge is 2.25. The number of likely N-dealkylation sites (N-methyl/N-ethyl adjacent to an activating group) is 1. The molecule has 0 amide bonds. The minimum absolute atomic E-state index is 0.583. The normalized spacial score (nSPS) is 14.4. The molecule has 1 aliphatic rings. The molecular formula is C15H21N3O. The van der Waals surface area contributed by atoms with E-state index in [2.05, 4.69) is 23.3 Å². The van der Waals surface area contributed by atoms with Crippen LogP contribution >= 0.6 is 0 Å². The van der Waals surface area contributed by atoms with Gasteiger partial charge in [-0.25, -0.2) is 0 Å². The third-order valence-electron chi connectivity index (χ3n) is 3.53. The average molecular weight is 259 g/mol. The Morgan fingerprint density at radius 3 is 2.89 bits per heavy atom. The lowest BCUT2D eigenvalue weighted by Crippen LogP contribution is -2.30. The van der Waals surface area contributed by atoms with Crippen molar-refractivity contribution in [2.45, 2.75) is 25.4 Å². The fourth-order valence-electron chi connectivity index (χ4n) is 2.12. The van der Waals surface area contributed by atoms with Crippen LogP contribution in [0.1, 0.15) is 24.0 Å². The Labute approximate surface area is 115 Å². The molecule has 0 saturated heterocycles. The summed E-state index contributed by atoms with van der Waals surface area (Å²) in [7, 11) is 3.78. The molecule has 0 unspecified atom stereocenters. The Balaban J connectivity index is 1.77. The van der Waals surface area contributed by atoms with Gasteiger partial charge in [0, 0.05) is 25.7 Å². The van der Waals surface area contributed by atoms with Crippen LogP contribution in [0.15, 0.2) is 18.2 Å². The van der Waals surface area contributed by atoms with Crippen LogP contribution < -0.4 is 10.1 Å². The highest BCUT2D eigenvalue weighted by Crippen LogP contribution is 2.24. The van der Waals surface area contributed by atoms with Gasteiger partial charge in [-0.3, -0.25) is 0 Å². The minimum atomic E-state index is 0.583. The van der Waals surface area contributed by atoms with E-state index < -0.39 is 0 Å². The first kappa shape index (κ1) is 13.9. The maximum atomic E-state index is 8.92. The molecule has 1 saturated carbocycles. The van der Waals surface area contributed by atoms with Gasteiger partial charge in [-0.15, -0.1) is 0 Å². The number of hydrogen-bond donors (Lipinski definition) is 1. The Kier molecular flexibility index (Phi) is 4.78. The van der Waals surface area contributed by atoms with Gasteiger partial charge in [-0.1, -0.05) is 6.07 Å². The molecule has 1 aromatic carbocycles. The van der Waals surface area contributed by atoms with Gasteiger partial charge in [-0.2, -0.15) is 5.26 Å². The molecule has 0 bridgehead atoms. The average Bonchev–Trinajstić information content (AvgIpc) is 3.27. The van der Waals surface area contributed by atoms with Crippen LogP contribution in [0.2, 0.25) is 0 Å². The van der Waals surface area contributed by atoms with Crippen molar-refractivity contribution in [3.05, 3.63) is 29.3 Å². The summed E-state index contributed by atoms with van der Waals surface area (Å²) in [5.41, 5.74) is 1.73. The number of benzene rings is 1. The maximum absolute atomic E-state index is 8.92. The van der Waals surface area contributed by atoms with Crippen molar-refractivity contribution in [3.63, 3.8) is 0 Å². The van der Waals surface area contributed by atoms with E-state index in [1.165, 1.54) is 12.8 Å². The summed E-state index contributed by atoms with van der Waals surface area (Å²) in [5, 5.41) is 12.3. The molecule has 0 radical (unpaired) electrons. The monoisotopic (exact) mass is 259 g/mol. The second kappa shape index (κ2) is 6.55. The van der Waals surface area contributed by atoms with Crippen molar-refractivity contribution in [2.75, 3.05) is 27.2 Å². The Morgan fingerprint density at radius 2 is 2.26 bits per heavy atom. The van der Waals surface area contributed by atoms with Crippen LogP contribution in [-0.4, -0.2) is 38.2 Å². The molecule has 0 heterocycles. The largest absolute Gasteiger partial charge is 0.495 e. The van der Waals surface area contributed by atoms with E-state index in [1.807, 2.05) is 18.2 Å². The fourth-order valence-corrected chi connectivity index (χ4v) is 2.12. The smallest absolute Gasteiger partial charge is 0.136 e. The predicted molar refractivity (Wildman–Crippen MR) is 75.1 cm³/mol. The Bertz CT molecular complexity index is 463. The first-order valence-electron chi connectivity index (χ1n) is 6.72. The van der Waals surface area contributed by atoms with Gasteiger partial charge in [0.1, 0.15) is 11.8 Å². The van der Waals surface area contributed by atoms with E-state index in [0.29, 0.717) is 11.3 Å². The molecular weight excluding hydrogens is 238 g/mol. The summed E-state index contributed by atoms with van der Waals surface area (Å²) in [6.45, 7) is 2.87. The topological polar surface area (TPSA) is 48.3 Å². The van der Waals surface area contributed by atoms with E-state index in [0.717, 1.165) is 31.2 Å². The molecule has 1 N–H and O–H groups in total. The van der Waals surface area contributed by atoms with Crippen LogP contribution in [0.3, 0.4) is 0 Å². The van der Waals surface area contributed by atoms with Crippen molar-refractivity contribution >= 4 is 0 Å². The van der Waals surface area contributed by atoms with Gasteiger partial charge in [0.05, 0.1) is 12.7 Å². The van der Waals surface area contributed by atoms with E-state index >= 15 is 0 Å². The number of ether oxygens (including phenoxy) is 1. The summed E-state index contributed by atoms with van der Waals surface area (Å²) in [6.07, 6.45) is 2.70. The molecule has 4 nitrogen and oxygen atoms in total. The molecule has 0 spiro atoms. The van der Waals surface area contributed by atoms with Crippen LogP contribution in [0.25, 0.3) is 0 Å². The van der Waals surface area contributed by atoms with Crippen LogP contribution in [-0.2, 0) is 6.54 Å². The second-order valence-corrected chi connectivity index (χ2v) is 5.03. The van der Waals surface area contributed by atoms with Crippen molar-refractivity contribution in [2.24, 2.45) is 0 Å². The summed E-state index contributed by atoms with van der Waals surface area (Å²) >= 11 is 0. The molecule has 4 heteroatoms. The van der Waals surface area contributed by atoms with Gasteiger partial charge in [0.15, 0.2) is 0 Å². The summed E-state index contributed by atoms with van der Waals surface area (Å²) in [6, 6.07) is 8.65. The minimum Gasteiger partial charge on any atom is -0.495 e. The number of nitriles is 1. The van der Waals surface area contributed by atoms with Gasteiger partial charge < -0.3 is 15.0 Å². The lowest BCUT2D eigenvalue weighted by atomic mass is 10.1. The molecule has 0 aromatic heterocycles. The molecule has 1 aromatic rings. The molecule has 1 aliphatic carbocycles.